The number of hydrogen-bond acceptors (Lipinski definition) is 7. The van der Waals surface area contributed by atoms with Gasteiger partial charge < -0.3 is 10.1 Å². The van der Waals surface area contributed by atoms with E-state index in [1.807, 2.05) is 10.7 Å². The minimum absolute atomic E-state index is 0.0490. The van der Waals surface area contributed by atoms with Gasteiger partial charge in [-0.25, -0.2) is 10.2 Å². The number of esters is 1. The molecule has 13 heteroatoms. The van der Waals surface area contributed by atoms with Crippen LogP contribution in [-0.2, 0) is 15.8 Å². The minimum Gasteiger partial charge on any atom is -0.422 e. The smallest absolute Gasteiger partial charge is 0.416 e. The predicted molar refractivity (Wildman–Crippen MR) is 120 cm³/mol. The summed E-state index contributed by atoms with van der Waals surface area (Å²) in [6, 6.07) is 14.8. The Morgan fingerprint density at radius 1 is 0.944 bits per heavy atom. The second-order valence-corrected chi connectivity index (χ2v) is 6.93. The average molecular weight is 500 g/mol. The van der Waals surface area contributed by atoms with E-state index < -0.39 is 40.1 Å². The number of benzene rings is 3. The quantitative estimate of drug-likeness (QED) is 0.131. The normalized spacial score (nSPS) is 11.1. The molecule has 0 radical (unpaired) electrons. The van der Waals surface area contributed by atoms with Gasteiger partial charge in [0.1, 0.15) is 11.3 Å². The number of halogens is 3. The number of hydrazone groups is 1. The van der Waals surface area contributed by atoms with Crippen LogP contribution in [0.25, 0.3) is 0 Å². The molecular weight excluding hydrogens is 485 g/mol. The second-order valence-electron chi connectivity index (χ2n) is 6.93. The zero-order valence-electron chi connectivity index (χ0n) is 18.0. The molecule has 0 fully saturated rings. The first-order valence-electron chi connectivity index (χ1n) is 9.92. The number of amides is 2. The summed E-state index contributed by atoms with van der Waals surface area (Å²) in [6.07, 6.45) is -3.59. The number of carbonyl (C=O) groups excluding carboxylic acids is 3. The molecule has 36 heavy (non-hydrogen) atoms. The largest absolute Gasteiger partial charge is 0.422 e. The van der Waals surface area contributed by atoms with Gasteiger partial charge in [0.2, 0.25) is 0 Å². The molecule has 0 saturated carbocycles. The molecule has 10 nitrogen and oxygen atoms in total. The Morgan fingerprint density at radius 2 is 1.64 bits per heavy atom. The number of rotatable bonds is 6. The molecule has 3 aromatic carbocycles. The number of para-hydroxylation sites is 2. The predicted octanol–water partition coefficient (Wildman–Crippen LogP) is 3.92. The molecule has 0 unspecified atom stereocenters. The standard InChI is InChI=1S/C23H15F3N4O6/c24-23(25,26)15-7-5-8-16(12-15)28-20(31)21(32)29-27-13-14-6-1-4-11-19(14)36-22(33)17-9-2-3-10-18(17)30(34)35/h1-13H,(H,28,31)(H,29,32). The zero-order valence-corrected chi connectivity index (χ0v) is 18.0. The number of nitrogens with zero attached hydrogens (tertiary/aromatic N) is 2. The van der Waals surface area contributed by atoms with Crippen molar-refractivity contribution in [2.45, 2.75) is 6.18 Å². The fourth-order valence-electron chi connectivity index (χ4n) is 2.81. The highest BCUT2D eigenvalue weighted by molar-refractivity contribution is 6.39. The summed E-state index contributed by atoms with van der Waals surface area (Å²) in [4.78, 5) is 46.8. The van der Waals surface area contributed by atoms with Crippen LogP contribution in [-0.4, -0.2) is 28.9 Å². The first-order chi connectivity index (χ1) is 17.1. The number of alkyl halides is 3. The van der Waals surface area contributed by atoms with Crippen LogP contribution in [0.4, 0.5) is 24.5 Å². The summed E-state index contributed by atoms with van der Waals surface area (Å²) >= 11 is 0. The average Bonchev–Trinajstić information content (AvgIpc) is 2.84. The number of nitro benzene ring substituents is 1. The Balaban J connectivity index is 1.66. The highest BCUT2D eigenvalue weighted by atomic mass is 19.4. The lowest BCUT2D eigenvalue weighted by molar-refractivity contribution is -0.385. The van der Waals surface area contributed by atoms with Crippen LogP contribution in [0.15, 0.2) is 77.9 Å². The molecule has 0 aliphatic rings. The highest BCUT2D eigenvalue weighted by Crippen LogP contribution is 2.30. The molecule has 0 aromatic heterocycles. The topological polar surface area (TPSA) is 140 Å². The summed E-state index contributed by atoms with van der Waals surface area (Å²) in [5.74, 6) is -3.61. The van der Waals surface area contributed by atoms with Crippen molar-refractivity contribution in [3.05, 3.63) is 99.6 Å². The number of nitro groups is 1. The molecule has 0 spiro atoms. The van der Waals surface area contributed by atoms with Gasteiger partial charge >= 0.3 is 24.0 Å². The number of hydrogen-bond donors (Lipinski definition) is 2. The van der Waals surface area contributed by atoms with Gasteiger partial charge in [-0.2, -0.15) is 18.3 Å². The van der Waals surface area contributed by atoms with Gasteiger partial charge in [-0.15, -0.1) is 0 Å². The van der Waals surface area contributed by atoms with Crippen molar-refractivity contribution < 1.29 is 37.2 Å². The lowest BCUT2D eigenvalue weighted by Crippen LogP contribution is -2.32. The van der Waals surface area contributed by atoms with E-state index in [4.69, 9.17) is 4.74 Å². The molecule has 0 saturated heterocycles. The summed E-state index contributed by atoms with van der Waals surface area (Å²) in [7, 11) is 0. The number of nitrogens with one attached hydrogen (secondary N) is 2. The van der Waals surface area contributed by atoms with Gasteiger partial charge in [0.25, 0.3) is 5.69 Å². The van der Waals surface area contributed by atoms with Crippen molar-refractivity contribution in [3.8, 4) is 5.75 Å². The molecule has 0 bridgehead atoms. The van der Waals surface area contributed by atoms with Crippen LogP contribution in [0, 0.1) is 10.1 Å². The van der Waals surface area contributed by atoms with Crippen LogP contribution in [0.1, 0.15) is 21.5 Å². The van der Waals surface area contributed by atoms with Gasteiger partial charge in [0, 0.05) is 17.3 Å². The number of carbonyl (C=O) groups is 3. The van der Waals surface area contributed by atoms with E-state index in [0.29, 0.717) is 6.07 Å². The second kappa shape index (κ2) is 10.9. The molecular formula is C23H15F3N4O6. The van der Waals surface area contributed by atoms with E-state index in [2.05, 4.69) is 5.10 Å². The molecule has 3 rings (SSSR count). The molecule has 0 atom stereocenters. The van der Waals surface area contributed by atoms with Crippen LogP contribution >= 0.6 is 0 Å². The Hall–Kier alpha value is -5.07. The molecule has 0 aliphatic carbocycles. The number of anilines is 1. The summed E-state index contributed by atoms with van der Waals surface area (Å²) in [5.41, 5.74) is 0.0760. The fraction of sp³-hybridized carbons (Fsp3) is 0.0435. The van der Waals surface area contributed by atoms with E-state index in [0.717, 1.165) is 24.4 Å². The maximum atomic E-state index is 12.8. The molecule has 0 heterocycles. The monoisotopic (exact) mass is 500 g/mol. The highest BCUT2D eigenvalue weighted by Gasteiger charge is 2.30. The van der Waals surface area contributed by atoms with Crippen molar-refractivity contribution in [2.24, 2.45) is 5.10 Å². The third kappa shape index (κ3) is 6.50. The van der Waals surface area contributed by atoms with E-state index in [-0.39, 0.29) is 22.6 Å². The van der Waals surface area contributed by atoms with Gasteiger partial charge in [-0.1, -0.05) is 30.3 Å². The SMILES string of the molecule is O=C(NN=Cc1ccccc1OC(=O)c1ccccc1[N+](=O)[O-])C(=O)Nc1cccc(C(F)(F)F)c1. The Kier molecular flexibility index (Phi) is 7.74. The van der Waals surface area contributed by atoms with Gasteiger partial charge in [0.15, 0.2) is 0 Å². The van der Waals surface area contributed by atoms with Gasteiger partial charge in [0.05, 0.1) is 16.7 Å². The van der Waals surface area contributed by atoms with Crippen LogP contribution in [0.2, 0.25) is 0 Å². The van der Waals surface area contributed by atoms with E-state index in [1.165, 1.54) is 42.5 Å². The van der Waals surface area contributed by atoms with Crippen LogP contribution in [0.3, 0.4) is 0 Å². The number of ether oxygens (including phenoxy) is 1. The summed E-state index contributed by atoms with van der Waals surface area (Å²) < 4.78 is 43.6. The van der Waals surface area contributed by atoms with Gasteiger partial charge in [-0.3, -0.25) is 19.7 Å². The third-order valence-corrected chi connectivity index (χ3v) is 4.47. The molecule has 0 aliphatic heterocycles. The lowest BCUT2D eigenvalue weighted by atomic mass is 10.2. The Morgan fingerprint density at radius 3 is 2.36 bits per heavy atom. The summed E-state index contributed by atoms with van der Waals surface area (Å²) in [5, 5.41) is 16.7. The Bertz CT molecular complexity index is 1360. The fourth-order valence-corrected chi connectivity index (χ4v) is 2.81. The van der Waals surface area contributed by atoms with Crippen molar-refractivity contribution >= 4 is 35.4 Å². The molecule has 184 valence electrons. The summed E-state index contributed by atoms with van der Waals surface area (Å²) in [6.45, 7) is 0. The van der Waals surface area contributed by atoms with Crippen molar-refractivity contribution in [3.63, 3.8) is 0 Å². The van der Waals surface area contributed by atoms with Crippen LogP contribution < -0.4 is 15.5 Å². The van der Waals surface area contributed by atoms with Crippen molar-refractivity contribution in [2.75, 3.05) is 5.32 Å². The molecule has 3 aromatic rings. The molecule has 2 amide bonds. The first-order valence-corrected chi connectivity index (χ1v) is 9.92. The minimum atomic E-state index is -4.63. The van der Waals surface area contributed by atoms with E-state index in [1.54, 1.807) is 6.07 Å². The first kappa shape index (κ1) is 25.6. The van der Waals surface area contributed by atoms with Crippen LogP contribution in [0.5, 0.6) is 5.75 Å². The van der Waals surface area contributed by atoms with Crippen molar-refractivity contribution in [1.82, 2.24) is 5.43 Å². The van der Waals surface area contributed by atoms with E-state index in [9.17, 15) is 37.7 Å². The Labute approximate surface area is 200 Å². The molecule has 2 N–H and O–H groups in total. The van der Waals surface area contributed by atoms with Gasteiger partial charge in [-0.05, 0) is 36.4 Å². The maximum Gasteiger partial charge on any atom is 0.416 e. The zero-order chi connectivity index (χ0) is 26.3. The maximum absolute atomic E-state index is 12.8. The lowest BCUT2D eigenvalue weighted by Gasteiger charge is -2.09. The van der Waals surface area contributed by atoms with E-state index >= 15 is 0 Å². The third-order valence-electron chi connectivity index (χ3n) is 4.47. The van der Waals surface area contributed by atoms with Crippen molar-refractivity contribution in [1.29, 1.82) is 0 Å².